The largest absolute Gasteiger partial charge is 0.347 e. The van der Waals surface area contributed by atoms with Crippen molar-refractivity contribution in [3.8, 4) is 0 Å². The fraction of sp³-hybridized carbons (Fsp3) is 0.636. The Kier molecular flexibility index (Phi) is 3.24. The highest BCUT2D eigenvalue weighted by Gasteiger charge is 2.19. The second-order valence-corrected chi connectivity index (χ2v) is 4.34. The number of aromatic nitrogens is 2. The Bertz CT molecular complexity index is 379. The molecule has 0 spiro atoms. The zero-order valence-corrected chi connectivity index (χ0v) is 9.76. The van der Waals surface area contributed by atoms with Crippen molar-refractivity contribution < 1.29 is 4.79 Å². The van der Waals surface area contributed by atoms with Crippen LogP contribution in [0, 0.1) is 13.8 Å². The van der Waals surface area contributed by atoms with Gasteiger partial charge >= 0.3 is 0 Å². The average molecular weight is 222 g/mol. The first kappa shape index (κ1) is 11.1. The van der Waals surface area contributed by atoms with Gasteiger partial charge in [-0.3, -0.25) is 9.89 Å². The lowest BCUT2D eigenvalue weighted by molar-refractivity contribution is 0.0925. The number of amides is 1. The maximum absolute atomic E-state index is 11.9. The van der Waals surface area contributed by atoms with Crippen LogP contribution in [0.2, 0.25) is 0 Å². The molecule has 1 aliphatic heterocycles. The Hall–Kier alpha value is -1.36. The first-order valence-electron chi connectivity index (χ1n) is 5.71. The molecule has 0 unspecified atom stereocenters. The molecule has 0 aromatic carbocycles. The molecular formula is C11H18N4O. The van der Waals surface area contributed by atoms with E-state index >= 15 is 0 Å². The number of piperidine rings is 1. The second kappa shape index (κ2) is 4.65. The van der Waals surface area contributed by atoms with Gasteiger partial charge in [0.05, 0.1) is 0 Å². The molecule has 1 atom stereocenters. The van der Waals surface area contributed by atoms with Crippen LogP contribution in [0.5, 0.6) is 0 Å². The van der Waals surface area contributed by atoms with E-state index in [1.165, 1.54) is 0 Å². The number of rotatable bonds is 2. The van der Waals surface area contributed by atoms with Gasteiger partial charge < -0.3 is 10.6 Å². The molecule has 0 radical (unpaired) electrons. The zero-order chi connectivity index (χ0) is 11.5. The van der Waals surface area contributed by atoms with Gasteiger partial charge in [0.25, 0.3) is 5.91 Å². The molecular weight excluding hydrogens is 204 g/mol. The Labute approximate surface area is 95.0 Å². The average Bonchev–Trinajstić information content (AvgIpc) is 2.61. The first-order valence-corrected chi connectivity index (χ1v) is 5.71. The molecule has 5 heteroatoms. The summed E-state index contributed by atoms with van der Waals surface area (Å²) in [5.74, 6) is -0.0736. The quantitative estimate of drug-likeness (QED) is 0.683. The van der Waals surface area contributed by atoms with Crippen molar-refractivity contribution >= 4 is 5.91 Å². The molecule has 2 heterocycles. The molecule has 1 fully saturated rings. The Morgan fingerprint density at radius 3 is 2.88 bits per heavy atom. The van der Waals surface area contributed by atoms with Crippen LogP contribution >= 0.6 is 0 Å². The molecule has 1 saturated heterocycles. The minimum Gasteiger partial charge on any atom is -0.347 e. The highest BCUT2D eigenvalue weighted by Crippen LogP contribution is 2.09. The van der Waals surface area contributed by atoms with Crippen LogP contribution < -0.4 is 10.6 Å². The van der Waals surface area contributed by atoms with Gasteiger partial charge in [-0.2, -0.15) is 5.10 Å². The number of hydrogen-bond donors (Lipinski definition) is 3. The van der Waals surface area contributed by atoms with Gasteiger partial charge in [0.15, 0.2) is 5.69 Å². The highest BCUT2D eigenvalue weighted by molar-refractivity contribution is 5.94. The molecule has 1 aromatic heterocycles. The maximum atomic E-state index is 11.9. The first-order chi connectivity index (χ1) is 7.68. The monoisotopic (exact) mass is 222 g/mol. The van der Waals surface area contributed by atoms with Crippen LogP contribution in [0.15, 0.2) is 0 Å². The number of nitrogens with zero attached hydrogens (tertiary/aromatic N) is 1. The zero-order valence-electron chi connectivity index (χ0n) is 9.76. The van der Waals surface area contributed by atoms with Gasteiger partial charge in [-0.05, 0) is 33.2 Å². The number of carbonyl (C=O) groups is 1. The molecule has 1 aromatic rings. The van der Waals surface area contributed by atoms with Crippen LogP contribution in [0.25, 0.3) is 0 Å². The van der Waals surface area contributed by atoms with Crippen LogP contribution in [-0.2, 0) is 0 Å². The summed E-state index contributed by atoms with van der Waals surface area (Å²) in [5.41, 5.74) is 2.40. The Morgan fingerprint density at radius 1 is 1.50 bits per heavy atom. The van der Waals surface area contributed by atoms with E-state index in [2.05, 4.69) is 20.8 Å². The summed E-state index contributed by atoms with van der Waals surface area (Å²) in [6.45, 7) is 5.73. The molecule has 2 rings (SSSR count). The summed E-state index contributed by atoms with van der Waals surface area (Å²) in [7, 11) is 0. The predicted molar refractivity (Wildman–Crippen MR) is 61.4 cm³/mol. The minimum atomic E-state index is -0.0736. The lowest BCUT2D eigenvalue weighted by atomic mass is 10.1. The second-order valence-electron chi connectivity index (χ2n) is 4.34. The smallest absolute Gasteiger partial charge is 0.272 e. The molecule has 1 amide bonds. The van der Waals surface area contributed by atoms with E-state index in [1.54, 1.807) is 0 Å². The number of carbonyl (C=O) groups excluding carboxylic acids is 1. The lowest BCUT2D eigenvalue weighted by Gasteiger charge is -2.23. The van der Waals surface area contributed by atoms with Crippen molar-refractivity contribution in [3.63, 3.8) is 0 Å². The molecule has 0 saturated carbocycles. The van der Waals surface area contributed by atoms with Gasteiger partial charge in [0, 0.05) is 23.8 Å². The topological polar surface area (TPSA) is 69.8 Å². The molecule has 88 valence electrons. The third-order valence-electron chi connectivity index (χ3n) is 3.10. The fourth-order valence-corrected chi connectivity index (χ4v) is 1.93. The van der Waals surface area contributed by atoms with Crippen molar-refractivity contribution in [2.75, 3.05) is 13.1 Å². The number of hydrogen-bond acceptors (Lipinski definition) is 3. The van der Waals surface area contributed by atoms with Gasteiger partial charge in [0.1, 0.15) is 0 Å². The van der Waals surface area contributed by atoms with E-state index in [1.807, 2.05) is 13.8 Å². The van der Waals surface area contributed by atoms with Crippen LogP contribution in [0.4, 0.5) is 0 Å². The Balaban J connectivity index is 1.99. The molecule has 16 heavy (non-hydrogen) atoms. The maximum Gasteiger partial charge on any atom is 0.272 e. The summed E-state index contributed by atoms with van der Waals surface area (Å²) in [6, 6.07) is 0.234. The van der Waals surface area contributed by atoms with Crippen molar-refractivity contribution in [2.45, 2.75) is 32.7 Å². The third kappa shape index (κ3) is 2.24. The summed E-state index contributed by atoms with van der Waals surface area (Å²) < 4.78 is 0. The fourth-order valence-electron chi connectivity index (χ4n) is 1.93. The van der Waals surface area contributed by atoms with E-state index in [9.17, 15) is 4.79 Å². The summed E-state index contributed by atoms with van der Waals surface area (Å²) in [6.07, 6.45) is 2.16. The normalized spacial score (nSPS) is 20.8. The van der Waals surface area contributed by atoms with Crippen LogP contribution in [0.3, 0.4) is 0 Å². The Morgan fingerprint density at radius 2 is 2.31 bits per heavy atom. The lowest BCUT2D eigenvalue weighted by Crippen LogP contribution is -2.45. The van der Waals surface area contributed by atoms with Gasteiger partial charge in [0.2, 0.25) is 0 Å². The number of nitrogens with one attached hydrogen (secondary N) is 3. The highest BCUT2D eigenvalue weighted by atomic mass is 16.2. The molecule has 0 aliphatic carbocycles. The van der Waals surface area contributed by atoms with E-state index in [0.717, 1.165) is 37.2 Å². The van der Waals surface area contributed by atoms with Crippen molar-refractivity contribution in [2.24, 2.45) is 0 Å². The molecule has 0 bridgehead atoms. The number of aryl methyl sites for hydroxylation is 1. The van der Waals surface area contributed by atoms with Gasteiger partial charge in [-0.15, -0.1) is 0 Å². The van der Waals surface area contributed by atoms with Gasteiger partial charge in [-0.1, -0.05) is 0 Å². The molecule has 1 aliphatic rings. The summed E-state index contributed by atoms with van der Waals surface area (Å²) in [4.78, 5) is 11.9. The third-order valence-corrected chi connectivity index (χ3v) is 3.10. The summed E-state index contributed by atoms with van der Waals surface area (Å²) >= 11 is 0. The van der Waals surface area contributed by atoms with E-state index in [0.29, 0.717) is 5.69 Å². The number of H-pyrrole nitrogens is 1. The van der Waals surface area contributed by atoms with Gasteiger partial charge in [-0.25, -0.2) is 0 Å². The summed E-state index contributed by atoms with van der Waals surface area (Å²) in [5, 5.41) is 13.1. The van der Waals surface area contributed by atoms with Crippen molar-refractivity contribution in [1.82, 2.24) is 20.8 Å². The molecule has 3 N–H and O–H groups in total. The molecule has 5 nitrogen and oxygen atoms in total. The number of aromatic amines is 1. The van der Waals surface area contributed by atoms with Crippen LogP contribution in [0.1, 0.15) is 34.6 Å². The van der Waals surface area contributed by atoms with Crippen molar-refractivity contribution in [3.05, 3.63) is 17.0 Å². The van der Waals surface area contributed by atoms with E-state index in [-0.39, 0.29) is 11.9 Å². The van der Waals surface area contributed by atoms with E-state index < -0.39 is 0 Å². The SMILES string of the molecule is Cc1[nH]nc(C(=O)N[C@H]2CCCNC2)c1C. The minimum absolute atomic E-state index is 0.0736. The van der Waals surface area contributed by atoms with Crippen molar-refractivity contribution in [1.29, 1.82) is 0 Å². The van der Waals surface area contributed by atoms with Crippen LogP contribution in [-0.4, -0.2) is 35.2 Å². The standard InChI is InChI=1S/C11H18N4O/c1-7-8(2)14-15-10(7)11(16)13-9-4-3-5-12-6-9/h9,12H,3-6H2,1-2H3,(H,13,16)(H,14,15)/t9-/m0/s1. The van der Waals surface area contributed by atoms with E-state index in [4.69, 9.17) is 0 Å². The predicted octanol–water partition coefficient (Wildman–Crippen LogP) is 0.508.